The van der Waals surface area contributed by atoms with Gasteiger partial charge in [0.25, 0.3) is 0 Å². The number of nitrogens with zero attached hydrogens (tertiary/aromatic N) is 2. The molecule has 0 heterocycles. The minimum atomic E-state index is -0.326. The number of esters is 1. The van der Waals surface area contributed by atoms with Crippen LogP contribution < -0.4 is 0 Å². The van der Waals surface area contributed by atoms with E-state index in [4.69, 9.17) is 16.3 Å². The first-order valence-electron chi connectivity index (χ1n) is 8.70. The number of Topliss-reactive ketones (excluding diaryl/α,β-unsaturated/α-hetero) is 1. The Morgan fingerprint density at radius 3 is 2.19 bits per heavy atom. The smallest absolute Gasteiger partial charge is 0.307 e. The van der Waals surface area contributed by atoms with Crippen LogP contribution >= 0.6 is 11.6 Å². The molecule has 0 aromatic heterocycles. The summed E-state index contributed by atoms with van der Waals surface area (Å²) < 4.78 is 4.91. The normalized spacial score (nSPS) is 10.7. The van der Waals surface area contributed by atoms with Gasteiger partial charge in [0.1, 0.15) is 0 Å². The van der Waals surface area contributed by atoms with Crippen molar-refractivity contribution in [2.24, 2.45) is 0 Å². The molecule has 7 heteroatoms. The molecule has 0 radical (unpaired) electrons. The molecule has 0 saturated heterocycles. The van der Waals surface area contributed by atoms with Gasteiger partial charge in [0.05, 0.1) is 13.0 Å². The summed E-state index contributed by atoms with van der Waals surface area (Å²) in [4.78, 5) is 39.8. The van der Waals surface area contributed by atoms with Gasteiger partial charge in [0.2, 0.25) is 5.91 Å². The van der Waals surface area contributed by atoms with Gasteiger partial charge in [-0.05, 0) is 45.3 Å². The molecule has 26 heavy (non-hydrogen) atoms. The van der Waals surface area contributed by atoms with Crippen molar-refractivity contribution in [3.8, 4) is 0 Å². The Balaban J connectivity index is 2.58. The van der Waals surface area contributed by atoms with Crippen molar-refractivity contribution in [2.45, 2.75) is 26.2 Å². The number of amides is 1. The highest BCUT2D eigenvalue weighted by molar-refractivity contribution is 6.30. The van der Waals surface area contributed by atoms with E-state index in [2.05, 4.69) is 0 Å². The molecule has 1 aromatic rings. The summed E-state index contributed by atoms with van der Waals surface area (Å²) in [5.74, 6) is -0.571. The summed E-state index contributed by atoms with van der Waals surface area (Å²) in [6.45, 7) is 3.54. The molecule has 0 aliphatic heterocycles. The van der Waals surface area contributed by atoms with Crippen LogP contribution in [0.3, 0.4) is 0 Å². The highest BCUT2D eigenvalue weighted by Crippen LogP contribution is 2.12. The van der Waals surface area contributed by atoms with Gasteiger partial charge >= 0.3 is 5.97 Å². The highest BCUT2D eigenvalue weighted by Gasteiger charge is 2.17. The molecule has 0 aliphatic rings. The maximum Gasteiger partial charge on any atom is 0.307 e. The number of hydrogen-bond donors (Lipinski definition) is 0. The fourth-order valence-electron chi connectivity index (χ4n) is 2.30. The van der Waals surface area contributed by atoms with Crippen molar-refractivity contribution in [3.63, 3.8) is 0 Å². The predicted molar refractivity (Wildman–Crippen MR) is 101 cm³/mol. The molecule has 0 aliphatic carbocycles. The first kappa shape index (κ1) is 22.1. The van der Waals surface area contributed by atoms with Crippen LogP contribution in [-0.2, 0) is 14.3 Å². The average Bonchev–Trinajstić information content (AvgIpc) is 2.60. The number of likely N-dealkylation sites (N-methyl/N-ethyl adjacent to an activating group) is 1. The van der Waals surface area contributed by atoms with Gasteiger partial charge in [-0.2, -0.15) is 0 Å². The highest BCUT2D eigenvalue weighted by atomic mass is 35.5. The largest absolute Gasteiger partial charge is 0.466 e. The van der Waals surface area contributed by atoms with Crippen LogP contribution in [0, 0.1) is 0 Å². The maximum atomic E-state index is 12.5. The van der Waals surface area contributed by atoms with Crippen molar-refractivity contribution in [2.75, 3.05) is 40.3 Å². The van der Waals surface area contributed by atoms with E-state index in [1.54, 1.807) is 36.1 Å². The molecule has 0 N–H and O–H groups in total. The van der Waals surface area contributed by atoms with E-state index in [1.807, 2.05) is 19.0 Å². The van der Waals surface area contributed by atoms with Gasteiger partial charge in [-0.25, -0.2) is 0 Å². The number of ketones is 1. The average molecular weight is 383 g/mol. The first-order valence-corrected chi connectivity index (χ1v) is 9.08. The molecule has 1 amide bonds. The Morgan fingerprint density at radius 2 is 1.62 bits per heavy atom. The number of carbonyl (C=O) groups is 3. The van der Waals surface area contributed by atoms with Crippen LogP contribution in [0.15, 0.2) is 24.3 Å². The van der Waals surface area contributed by atoms with Crippen molar-refractivity contribution in [3.05, 3.63) is 34.9 Å². The van der Waals surface area contributed by atoms with E-state index >= 15 is 0 Å². The van der Waals surface area contributed by atoms with E-state index < -0.39 is 0 Å². The van der Waals surface area contributed by atoms with Gasteiger partial charge < -0.3 is 14.5 Å². The minimum Gasteiger partial charge on any atom is -0.466 e. The fourth-order valence-corrected chi connectivity index (χ4v) is 2.43. The molecule has 6 nitrogen and oxygen atoms in total. The Morgan fingerprint density at radius 1 is 0.962 bits per heavy atom. The van der Waals surface area contributed by atoms with E-state index in [9.17, 15) is 14.4 Å². The van der Waals surface area contributed by atoms with Gasteiger partial charge in [-0.1, -0.05) is 11.6 Å². The second kappa shape index (κ2) is 11.6. The fraction of sp³-hybridized carbons (Fsp3) is 0.526. The van der Waals surface area contributed by atoms with Crippen LogP contribution in [-0.4, -0.2) is 67.8 Å². The Bertz CT molecular complexity index is 602. The third-order valence-electron chi connectivity index (χ3n) is 3.79. The lowest BCUT2D eigenvalue weighted by atomic mass is 10.1. The number of rotatable bonds is 11. The van der Waals surface area contributed by atoms with E-state index in [-0.39, 0.29) is 36.9 Å². The summed E-state index contributed by atoms with van der Waals surface area (Å²) in [6, 6.07) is 6.61. The topological polar surface area (TPSA) is 66.9 Å². The van der Waals surface area contributed by atoms with Crippen LogP contribution in [0.5, 0.6) is 0 Å². The summed E-state index contributed by atoms with van der Waals surface area (Å²) >= 11 is 5.81. The standard InChI is InChI=1S/C19H27ClN2O4/c1-4-26-19(25)11-12-22(14-13-21(2)3)18(24)10-9-17(23)15-5-7-16(20)8-6-15/h5-8H,4,9-14H2,1-3H3. The summed E-state index contributed by atoms with van der Waals surface area (Å²) in [5, 5.41) is 0.562. The SMILES string of the molecule is CCOC(=O)CCN(CCN(C)C)C(=O)CCC(=O)c1ccc(Cl)cc1. The second-order valence-corrected chi connectivity index (χ2v) is 6.61. The minimum absolute atomic E-state index is 0.104. The molecule has 0 unspecified atom stereocenters. The van der Waals surface area contributed by atoms with Gasteiger partial charge in [-0.3, -0.25) is 14.4 Å². The lowest BCUT2D eigenvalue weighted by Crippen LogP contribution is -2.38. The Hall–Kier alpha value is -1.92. The molecule has 0 atom stereocenters. The molecule has 0 spiro atoms. The maximum absolute atomic E-state index is 12.5. The molecule has 144 valence electrons. The second-order valence-electron chi connectivity index (χ2n) is 6.17. The summed E-state index contributed by atoms with van der Waals surface area (Å²) in [5.41, 5.74) is 0.536. The number of carbonyl (C=O) groups excluding carboxylic acids is 3. The van der Waals surface area contributed by atoms with Crippen molar-refractivity contribution < 1.29 is 19.1 Å². The lowest BCUT2D eigenvalue weighted by Gasteiger charge is -2.24. The first-order chi connectivity index (χ1) is 12.3. The predicted octanol–water partition coefficient (Wildman–Crippen LogP) is 2.65. The van der Waals surface area contributed by atoms with Gasteiger partial charge in [-0.15, -0.1) is 0 Å². The van der Waals surface area contributed by atoms with E-state index in [0.29, 0.717) is 36.8 Å². The zero-order chi connectivity index (χ0) is 19.5. The zero-order valence-electron chi connectivity index (χ0n) is 15.7. The number of ether oxygens (including phenoxy) is 1. The molecular weight excluding hydrogens is 356 g/mol. The molecule has 0 saturated carbocycles. The van der Waals surface area contributed by atoms with Gasteiger partial charge in [0.15, 0.2) is 5.78 Å². The zero-order valence-corrected chi connectivity index (χ0v) is 16.4. The Labute approximate surface area is 160 Å². The molecule has 0 bridgehead atoms. The molecular formula is C19H27ClN2O4. The van der Waals surface area contributed by atoms with Crippen molar-refractivity contribution in [1.29, 1.82) is 0 Å². The van der Waals surface area contributed by atoms with E-state index in [0.717, 1.165) is 0 Å². The number of hydrogen-bond acceptors (Lipinski definition) is 5. The van der Waals surface area contributed by atoms with Crippen LogP contribution in [0.25, 0.3) is 0 Å². The van der Waals surface area contributed by atoms with Crippen molar-refractivity contribution in [1.82, 2.24) is 9.80 Å². The number of halogens is 1. The third-order valence-corrected chi connectivity index (χ3v) is 4.05. The van der Waals surface area contributed by atoms with E-state index in [1.165, 1.54) is 0 Å². The Kier molecular flexibility index (Phi) is 9.91. The molecule has 0 fully saturated rings. The van der Waals surface area contributed by atoms with Crippen molar-refractivity contribution >= 4 is 29.3 Å². The summed E-state index contributed by atoms with van der Waals surface area (Å²) in [6.07, 6.45) is 0.383. The van der Waals surface area contributed by atoms with Gasteiger partial charge in [0, 0.05) is 43.1 Å². The molecule has 1 aromatic carbocycles. The van der Waals surface area contributed by atoms with Crippen LogP contribution in [0.2, 0.25) is 5.02 Å². The monoisotopic (exact) mass is 382 g/mol. The lowest BCUT2D eigenvalue weighted by molar-refractivity contribution is -0.144. The summed E-state index contributed by atoms with van der Waals surface area (Å²) in [7, 11) is 3.83. The van der Waals surface area contributed by atoms with Crippen LogP contribution in [0.4, 0.5) is 0 Å². The number of benzene rings is 1. The molecule has 1 rings (SSSR count). The third kappa shape index (κ3) is 8.45. The quantitative estimate of drug-likeness (QED) is 0.434. The van der Waals surface area contributed by atoms with Crippen LogP contribution in [0.1, 0.15) is 36.5 Å².